The minimum Gasteiger partial charge on any atom is -0.489 e. The third kappa shape index (κ3) is 2.39. The fourth-order valence-corrected chi connectivity index (χ4v) is 2.63. The monoisotopic (exact) mass is 260 g/mol. The topological polar surface area (TPSA) is 41.6 Å². The molecule has 1 amide bonds. The molecule has 0 spiro atoms. The van der Waals surface area contributed by atoms with Gasteiger partial charge in [0.05, 0.1) is 11.3 Å². The SMILES string of the molecule is CC1CC1CN(C)C(=O)c1cccc2c1OCCN2. The normalized spacial score (nSPS) is 23.9. The van der Waals surface area contributed by atoms with Crippen molar-refractivity contribution in [1.29, 1.82) is 0 Å². The number of carbonyl (C=O) groups excluding carboxylic acids is 1. The van der Waals surface area contributed by atoms with Crippen LogP contribution in [-0.2, 0) is 0 Å². The van der Waals surface area contributed by atoms with E-state index < -0.39 is 0 Å². The highest BCUT2D eigenvalue weighted by Crippen LogP contribution is 2.38. The van der Waals surface area contributed by atoms with Crippen LogP contribution in [0.25, 0.3) is 0 Å². The molecule has 19 heavy (non-hydrogen) atoms. The predicted molar refractivity (Wildman–Crippen MR) is 74.7 cm³/mol. The van der Waals surface area contributed by atoms with Crippen molar-refractivity contribution in [1.82, 2.24) is 4.90 Å². The Bertz CT molecular complexity index is 501. The molecule has 4 nitrogen and oxygen atoms in total. The fourth-order valence-electron chi connectivity index (χ4n) is 2.63. The van der Waals surface area contributed by atoms with Gasteiger partial charge in [-0.2, -0.15) is 0 Å². The molecule has 1 aromatic carbocycles. The molecule has 1 aromatic rings. The van der Waals surface area contributed by atoms with E-state index in [0.717, 1.165) is 24.7 Å². The van der Waals surface area contributed by atoms with Gasteiger partial charge in [-0.1, -0.05) is 13.0 Å². The number of hydrogen-bond acceptors (Lipinski definition) is 3. The van der Waals surface area contributed by atoms with E-state index in [1.165, 1.54) is 6.42 Å². The smallest absolute Gasteiger partial charge is 0.257 e. The minimum atomic E-state index is 0.0552. The number of rotatable bonds is 3. The number of para-hydroxylation sites is 1. The van der Waals surface area contributed by atoms with Crippen LogP contribution in [-0.4, -0.2) is 37.6 Å². The summed E-state index contributed by atoms with van der Waals surface area (Å²) in [6, 6.07) is 5.70. The van der Waals surface area contributed by atoms with Gasteiger partial charge in [0.2, 0.25) is 0 Å². The van der Waals surface area contributed by atoms with E-state index in [4.69, 9.17) is 4.74 Å². The maximum Gasteiger partial charge on any atom is 0.257 e. The second-order valence-electron chi connectivity index (χ2n) is 5.62. The lowest BCUT2D eigenvalue weighted by Crippen LogP contribution is -2.30. The maximum atomic E-state index is 12.5. The van der Waals surface area contributed by atoms with E-state index in [-0.39, 0.29) is 5.91 Å². The van der Waals surface area contributed by atoms with Crippen LogP contribution in [0.2, 0.25) is 0 Å². The Hall–Kier alpha value is -1.71. The molecule has 0 radical (unpaired) electrons. The maximum absolute atomic E-state index is 12.5. The number of nitrogens with zero attached hydrogens (tertiary/aromatic N) is 1. The molecule has 1 aliphatic carbocycles. The van der Waals surface area contributed by atoms with Gasteiger partial charge in [0.1, 0.15) is 6.61 Å². The highest BCUT2D eigenvalue weighted by molar-refractivity contribution is 5.98. The summed E-state index contributed by atoms with van der Waals surface area (Å²) in [6.07, 6.45) is 1.24. The summed E-state index contributed by atoms with van der Waals surface area (Å²) >= 11 is 0. The van der Waals surface area contributed by atoms with Gasteiger partial charge >= 0.3 is 0 Å². The van der Waals surface area contributed by atoms with Gasteiger partial charge in [-0.3, -0.25) is 4.79 Å². The van der Waals surface area contributed by atoms with Gasteiger partial charge < -0.3 is 15.0 Å². The molecule has 102 valence electrons. The van der Waals surface area contributed by atoms with E-state index >= 15 is 0 Å². The molecule has 1 aliphatic heterocycles. The van der Waals surface area contributed by atoms with Gasteiger partial charge in [0.25, 0.3) is 5.91 Å². The van der Waals surface area contributed by atoms with E-state index in [0.29, 0.717) is 23.8 Å². The number of ether oxygens (including phenoxy) is 1. The van der Waals surface area contributed by atoms with Crippen molar-refractivity contribution in [3.05, 3.63) is 23.8 Å². The molecule has 1 N–H and O–H groups in total. The van der Waals surface area contributed by atoms with Crippen LogP contribution in [0.3, 0.4) is 0 Å². The number of fused-ring (bicyclic) bond motifs is 1. The molecule has 3 rings (SSSR count). The quantitative estimate of drug-likeness (QED) is 0.906. The Morgan fingerprint density at radius 2 is 2.32 bits per heavy atom. The highest BCUT2D eigenvalue weighted by atomic mass is 16.5. The molecule has 2 aliphatic rings. The van der Waals surface area contributed by atoms with Crippen molar-refractivity contribution in [3.8, 4) is 5.75 Å². The third-order valence-corrected chi connectivity index (χ3v) is 4.04. The molecule has 1 fully saturated rings. The van der Waals surface area contributed by atoms with Crippen molar-refractivity contribution in [2.45, 2.75) is 13.3 Å². The summed E-state index contributed by atoms with van der Waals surface area (Å²) < 4.78 is 5.66. The van der Waals surface area contributed by atoms with Crippen LogP contribution >= 0.6 is 0 Å². The molecule has 1 heterocycles. The molecular formula is C15H20N2O2. The van der Waals surface area contributed by atoms with Crippen molar-refractivity contribution in [3.63, 3.8) is 0 Å². The number of amides is 1. The number of anilines is 1. The average molecular weight is 260 g/mol. The van der Waals surface area contributed by atoms with Crippen molar-refractivity contribution >= 4 is 11.6 Å². The van der Waals surface area contributed by atoms with Crippen LogP contribution in [0.4, 0.5) is 5.69 Å². The second-order valence-corrected chi connectivity index (χ2v) is 5.62. The summed E-state index contributed by atoms with van der Waals surface area (Å²) in [6.45, 7) is 4.48. The Labute approximate surface area is 113 Å². The fraction of sp³-hybridized carbons (Fsp3) is 0.533. The number of carbonyl (C=O) groups is 1. The van der Waals surface area contributed by atoms with E-state index in [2.05, 4.69) is 12.2 Å². The van der Waals surface area contributed by atoms with Crippen molar-refractivity contribution in [2.75, 3.05) is 32.1 Å². The molecule has 4 heteroatoms. The number of benzene rings is 1. The lowest BCUT2D eigenvalue weighted by molar-refractivity contribution is 0.0782. The molecule has 0 saturated heterocycles. The van der Waals surface area contributed by atoms with Crippen LogP contribution in [0, 0.1) is 11.8 Å². The third-order valence-electron chi connectivity index (χ3n) is 4.04. The van der Waals surface area contributed by atoms with Crippen molar-refractivity contribution in [2.24, 2.45) is 11.8 Å². The summed E-state index contributed by atoms with van der Waals surface area (Å²) in [7, 11) is 1.88. The Morgan fingerprint density at radius 3 is 3.05 bits per heavy atom. The zero-order valence-electron chi connectivity index (χ0n) is 11.5. The molecule has 1 saturated carbocycles. The van der Waals surface area contributed by atoms with Gasteiger partial charge in [0.15, 0.2) is 5.75 Å². The predicted octanol–water partition coefficient (Wildman–Crippen LogP) is 2.22. The van der Waals surface area contributed by atoms with E-state index in [1.54, 1.807) is 0 Å². The first-order chi connectivity index (χ1) is 9.16. The van der Waals surface area contributed by atoms with Gasteiger partial charge in [-0.05, 0) is 30.4 Å². The Morgan fingerprint density at radius 1 is 1.53 bits per heavy atom. The zero-order chi connectivity index (χ0) is 13.4. The van der Waals surface area contributed by atoms with Gasteiger partial charge in [-0.15, -0.1) is 0 Å². The number of nitrogens with one attached hydrogen (secondary N) is 1. The minimum absolute atomic E-state index is 0.0552. The van der Waals surface area contributed by atoms with Gasteiger partial charge in [0, 0.05) is 20.1 Å². The zero-order valence-corrected chi connectivity index (χ0v) is 11.5. The molecule has 2 atom stereocenters. The first kappa shape index (κ1) is 12.3. The summed E-state index contributed by atoms with van der Waals surface area (Å²) in [5.41, 5.74) is 1.59. The van der Waals surface area contributed by atoms with E-state index in [9.17, 15) is 4.79 Å². The second kappa shape index (κ2) is 4.76. The standard InChI is InChI=1S/C15H20N2O2/c1-10-8-11(10)9-17(2)15(18)12-4-3-5-13-14(12)19-7-6-16-13/h3-5,10-11,16H,6-9H2,1-2H3. The molecular weight excluding hydrogens is 240 g/mol. The van der Waals surface area contributed by atoms with Crippen LogP contribution < -0.4 is 10.1 Å². The van der Waals surface area contributed by atoms with Crippen LogP contribution in [0.15, 0.2) is 18.2 Å². The van der Waals surface area contributed by atoms with E-state index in [1.807, 2.05) is 30.1 Å². The van der Waals surface area contributed by atoms with Gasteiger partial charge in [-0.25, -0.2) is 0 Å². The lowest BCUT2D eigenvalue weighted by Gasteiger charge is -2.24. The summed E-state index contributed by atoms with van der Waals surface area (Å²) in [5.74, 6) is 2.19. The van der Waals surface area contributed by atoms with Crippen molar-refractivity contribution < 1.29 is 9.53 Å². The summed E-state index contributed by atoms with van der Waals surface area (Å²) in [4.78, 5) is 14.3. The van der Waals surface area contributed by atoms with Crippen LogP contribution in [0.5, 0.6) is 5.75 Å². The first-order valence-corrected chi connectivity index (χ1v) is 6.92. The molecule has 2 unspecified atom stereocenters. The van der Waals surface area contributed by atoms with Crippen LogP contribution in [0.1, 0.15) is 23.7 Å². The summed E-state index contributed by atoms with van der Waals surface area (Å²) in [5, 5.41) is 3.26. The average Bonchev–Trinajstić information content (AvgIpc) is 3.12. The largest absolute Gasteiger partial charge is 0.489 e. The Kier molecular flexibility index (Phi) is 3.09. The first-order valence-electron chi connectivity index (χ1n) is 6.92. The molecule has 0 aromatic heterocycles. The number of hydrogen-bond donors (Lipinski definition) is 1. The Balaban J connectivity index is 1.79. The molecule has 0 bridgehead atoms. The highest BCUT2D eigenvalue weighted by Gasteiger charge is 2.34. The lowest BCUT2D eigenvalue weighted by atomic mass is 10.1.